The summed E-state index contributed by atoms with van der Waals surface area (Å²) in [6.45, 7) is 0.413. The van der Waals surface area contributed by atoms with Crippen molar-refractivity contribution in [2.45, 2.75) is 4.90 Å². The van der Waals surface area contributed by atoms with Gasteiger partial charge in [0.1, 0.15) is 0 Å². The average Bonchev–Trinajstić information content (AvgIpc) is 2.36. The van der Waals surface area contributed by atoms with E-state index >= 15 is 0 Å². The quantitative estimate of drug-likeness (QED) is 0.728. The van der Waals surface area contributed by atoms with Gasteiger partial charge in [-0.3, -0.25) is 4.21 Å². The number of hydrogen-bond donors (Lipinski definition) is 2. The molecule has 0 amide bonds. The Morgan fingerprint density at radius 3 is 2.47 bits per heavy atom. The molecule has 104 valence electrons. The van der Waals surface area contributed by atoms with E-state index in [-0.39, 0.29) is 18.0 Å². The molecule has 0 fully saturated rings. The summed E-state index contributed by atoms with van der Waals surface area (Å²) >= 11 is 0. The zero-order valence-corrected chi connectivity index (χ0v) is 12.2. The maximum atomic E-state index is 11.9. The predicted molar refractivity (Wildman–Crippen MR) is 76.5 cm³/mol. The summed E-state index contributed by atoms with van der Waals surface area (Å²) in [4.78, 5) is 0.160. The molecule has 1 unspecified atom stereocenters. The SMILES string of the molecule is CS(=O)CCNS(=O)(=O)c1ccc(C#CCN)cc1. The molecule has 1 atom stereocenters. The van der Waals surface area contributed by atoms with Crippen LogP contribution in [0.3, 0.4) is 0 Å². The molecule has 0 aliphatic heterocycles. The van der Waals surface area contributed by atoms with Crippen molar-refractivity contribution >= 4 is 20.8 Å². The number of nitrogens with two attached hydrogens (primary N) is 1. The number of nitrogens with one attached hydrogen (secondary N) is 1. The van der Waals surface area contributed by atoms with Gasteiger partial charge >= 0.3 is 0 Å². The largest absolute Gasteiger partial charge is 0.320 e. The summed E-state index contributed by atoms with van der Waals surface area (Å²) in [6.07, 6.45) is 1.53. The van der Waals surface area contributed by atoms with Crippen molar-refractivity contribution in [3.05, 3.63) is 29.8 Å². The smallest absolute Gasteiger partial charge is 0.240 e. The number of hydrogen-bond acceptors (Lipinski definition) is 4. The molecule has 0 saturated carbocycles. The highest BCUT2D eigenvalue weighted by Crippen LogP contribution is 2.09. The number of sulfonamides is 1. The molecule has 7 heteroatoms. The van der Waals surface area contributed by atoms with Gasteiger partial charge in [0.15, 0.2) is 0 Å². The third kappa shape index (κ3) is 5.53. The fourth-order valence-corrected chi connectivity index (χ4v) is 2.82. The maximum absolute atomic E-state index is 11.9. The summed E-state index contributed by atoms with van der Waals surface area (Å²) in [5.74, 6) is 5.79. The van der Waals surface area contributed by atoms with Gasteiger partial charge in [-0.2, -0.15) is 0 Å². The molecule has 0 radical (unpaired) electrons. The zero-order valence-electron chi connectivity index (χ0n) is 10.5. The molecule has 3 N–H and O–H groups in total. The van der Waals surface area contributed by atoms with E-state index in [1.807, 2.05) is 0 Å². The normalized spacial score (nSPS) is 12.5. The van der Waals surface area contributed by atoms with Crippen LogP contribution in [0.5, 0.6) is 0 Å². The Morgan fingerprint density at radius 1 is 1.32 bits per heavy atom. The number of rotatable bonds is 5. The highest BCUT2D eigenvalue weighted by molar-refractivity contribution is 7.89. The van der Waals surface area contributed by atoms with Gasteiger partial charge in [-0.1, -0.05) is 11.8 Å². The van der Waals surface area contributed by atoms with Crippen LogP contribution in [0.4, 0.5) is 0 Å². The van der Waals surface area contributed by atoms with Gasteiger partial charge in [0, 0.05) is 34.9 Å². The Morgan fingerprint density at radius 2 is 1.95 bits per heavy atom. The van der Waals surface area contributed by atoms with E-state index in [4.69, 9.17) is 5.73 Å². The van der Waals surface area contributed by atoms with Gasteiger partial charge < -0.3 is 5.73 Å². The molecule has 0 spiro atoms. The molecule has 1 aromatic rings. The maximum Gasteiger partial charge on any atom is 0.240 e. The van der Waals surface area contributed by atoms with Crippen LogP contribution in [0, 0.1) is 11.8 Å². The van der Waals surface area contributed by atoms with Crippen LogP contribution in [-0.4, -0.2) is 37.7 Å². The van der Waals surface area contributed by atoms with Crippen LogP contribution < -0.4 is 10.5 Å². The molecule has 1 rings (SSSR count). The van der Waals surface area contributed by atoms with Crippen molar-refractivity contribution in [1.82, 2.24) is 4.72 Å². The van der Waals surface area contributed by atoms with Crippen LogP contribution in [0.15, 0.2) is 29.2 Å². The van der Waals surface area contributed by atoms with Gasteiger partial charge in [0.05, 0.1) is 11.4 Å². The third-order valence-corrected chi connectivity index (χ3v) is 4.44. The third-order valence-electron chi connectivity index (χ3n) is 2.18. The van der Waals surface area contributed by atoms with Gasteiger partial charge in [-0.15, -0.1) is 0 Å². The second kappa shape index (κ2) is 7.40. The Kier molecular flexibility index (Phi) is 6.18. The standard InChI is InChI=1S/C12H16N2O3S2/c1-18(15)10-9-14-19(16,17)12-6-4-11(5-7-12)3-2-8-13/h4-7,14H,8-10,13H2,1H3. The summed E-state index contributed by atoms with van der Waals surface area (Å²) in [7, 11) is -4.57. The van der Waals surface area contributed by atoms with E-state index in [2.05, 4.69) is 16.6 Å². The van der Waals surface area contributed by atoms with Crippen molar-refractivity contribution in [2.24, 2.45) is 5.73 Å². The highest BCUT2D eigenvalue weighted by Gasteiger charge is 2.12. The monoisotopic (exact) mass is 300 g/mol. The molecular weight excluding hydrogens is 284 g/mol. The zero-order chi connectivity index (χ0) is 14.3. The molecule has 0 bridgehead atoms. The van der Waals surface area contributed by atoms with Crippen molar-refractivity contribution < 1.29 is 12.6 Å². The van der Waals surface area contributed by atoms with Gasteiger partial charge in [0.2, 0.25) is 10.0 Å². The fraction of sp³-hybridized carbons (Fsp3) is 0.333. The summed E-state index contributed by atoms with van der Waals surface area (Å²) in [5, 5.41) is 0. The molecule has 0 aliphatic carbocycles. The molecular formula is C12H16N2O3S2. The second-order valence-corrected chi connectivity index (χ2v) is 7.03. The minimum absolute atomic E-state index is 0.153. The first-order valence-electron chi connectivity index (χ1n) is 5.54. The Labute approximate surface area is 116 Å². The lowest BCUT2D eigenvalue weighted by atomic mass is 10.2. The first-order valence-corrected chi connectivity index (χ1v) is 8.75. The minimum Gasteiger partial charge on any atom is -0.320 e. The lowest BCUT2D eigenvalue weighted by Gasteiger charge is -2.05. The predicted octanol–water partition coefficient (Wildman–Crippen LogP) is -0.346. The van der Waals surface area contributed by atoms with Crippen LogP contribution in [0.25, 0.3) is 0 Å². The molecule has 19 heavy (non-hydrogen) atoms. The Balaban J connectivity index is 2.76. The van der Waals surface area contributed by atoms with Crippen molar-refractivity contribution in [1.29, 1.82) is 0 Å². The summed E-state index contributed by atoms with van der Waals surface area (Å²) in [5.41, 5.74) is 5.96. The Hall–Kier alpha value is -1.20. The van der Waals surface area contributed by atoms with Crippen molar-refractivity contribution in [3.8, 4) is 11.8 Å². The van der Waals surface area contributed by atoms with Gasteiger partial charge in [-0.25, -0.2) is 13.1 Å². The van der Waals surface area contributed by atoms with Crippen molar-refractivity contribution in [3.63, 3.8) is 0 Å². The van der Waals surface area contributed by atoms with Crippen molar-refractivity contribution in [2.75, 3.05) is 25.1 Å². The molecule has 0 aromatic heterocycles. The minimum atomic E-state index is -3.55. The molecule has 1 aromatic carbocycles. The van der Waals surface area contributed by atoms with Crippen LogP contribution in [0.2, 0.25) is 0 Å². The second-order valence-electron chi connectivity index (χ2n) is 3.71. The average molecular weight is 300 g/mol. The van der Waals surface area contributed by atoms with E-state index in [9.17, 15) is 12.6 Å². The lowest BCUT2D eigenvalue weighted by molar-refractivity contribution is 0.584. The van der Waals surface area contributed by atoms with Crippen LogP contribution in [-0.2, 0) is 20.8 Å². The van der Waals surface area contributed by atoms with E-state index in [1.165, 1.54) is 18.4 Å². The van der Waals surface area contributed by atoms with E-state index in [0.29, 0.717) is 11.3 Å². The van der Waals surface area contributed by atoms with Gasteiger partial charge in [0.25, 0.3) is 0 Å². The van der Waals surface area contributed by atoms with E-state index in [0.717, 1.165) is 0 Å². The van der Waals surface area contributed by atoms with Crippen LogP contribution in [0.1, 0.15) is 5.56 Å². The lowest BCUT2D eigenvalue weighted by Crippen LogP contribution is -2.27. The fourth-order valence-electron chi connectivity index (χ4n) is 1.27. The number of benzene rings is 1. The van der Waals surface area contributed by atoms with E-state index in [1.54, 1.807) is 12.1 Å². The summed E-state index contributed by atoms with van der Waals surface area (Å²) < 4.78 is 37.0. The topological polar surface area (TPSA) is 89.3 Å². The molecule has 0 saturated heterocycles. The molecule has 5 nitrogen and oxygen atoms in total. The first-order chi connectivity index (χ1) is 8.95. The summed E-state index contributed by atoms with van der Waals surface area (Å²) in [6, 6.07) is 6.20. The van der Waals surface area contributed by atoms with E-state index < -0.39 is 20.8 Å². The molecule has 0 heterocycles. The Bertz CT molecular complexity index is 598. The molecule has 0 aliphatic rings. The van der Waals surface area contributed by atoms with Crippen LogP contribution >= 0.6 is 0 Å². The first kappa shape index (κ1) is 15.9. The highest BCUT2D eigenvalue weighted by atomic mass is 32.2. The van der Waals surface area contributed by atoms with Gasteiger partial charge in [-0.05, 0) is 24.3 Å².